The number of hydrazine groups is 1. The monoisotopic (exact) mass is 238 g/mol. The summed E-state index contributed by atoms with van der Waals surface area (Å²) < 4.78 is 0. The minimum absolute atomic E-state index is 0.0237. The number of rotatable bonds is 4. The van der Waals surface area contributed by atoms with Crippen molar-refractivity contribution in [2.24, 2.45) is 0 Å². The first-order valence-electron chi connectivity index (χ1n) is 4.90. The van der Waals surface area contributed by atoms with Crippen molar-refractivity contribution in [2.75, 3.05) is 26.5 Å². The third kappa shape index (κ3) is 3.15. The lowest BCUT2D eigenvalue weighted by Crippen LogP contribution is -2.36. The minimum atomic E-state index is -0.579. The van der Waals surface area contributed by atoms with E-state index < -0.39 is 10.8 Å². The Morgan fingerprint density at radius 2 is 2.06 bits per heavy atom. The van der Waals surface area contributed by atoms with E-state index in [-0.39, 0.29) is 11.3 Å². The van der Waals surface area contributed by atoms with Crippen molar-refractivity contribution in [3.05, 3.63) is 33.9 Å². The van der Waals surface area contributed by atoms with Crippen LogP contribution in [0.3, 0.4) is 0 Å². The van der Waals surface area contributed by atoms with Gasteiger partial charge in [0.2, 0.25) is 0 Å². The van der Waals surface area contributed by atoms with Gasteiger partial charge in [-0.3, -0.25) is 20.3 Å². The van der Waals surface area contributed by atoms with Gasteiger partial charge in [-0.15, -0.1) is 0 Å². The molecule has 0 unspecified atom stereocenters. The van der Waals surface area contributed by atoms with E-state index >= 15 is 0 Å². The summed E-state index contributed by atoms with van der Waals surface area (Å²) in [5, 5.41) is 15.1. The number of nitrogens with zero attached hydrogens (tertiary/aromatic N) is 2. The van der Waals surface area contributed by atoms with Gasteiger partial charge in [-0.25, -0.2) is 5.01 Å². The quantitative estimate of drug-likeness (QED) is 0.599. The summed E-state index contributed by atoms with van der Waals surface area (Å²) in [6.45, 7) is 0. The first-order chi connectivity index (χ1) is 7.95. The Labute approximate surface area is 98.5 Å². The second-order valence-corrected chi connectivity index (χ2v) is 3.57. The highest BCUT2D eigenvalue weighted by Crippen LogP contribution is 2.22. The molecule has 0 aliphatic carbocycles. The van der Waals surface area contributed by atoms with Crippen molar-refractivity contribution in [1.29, 1.82) is 0 Å². The third-order valence-electron chi connectivity index (χ3n) is 2.05. The Morgan fingerprint density at radius 1 is 1.41 bits per heavy atom. The number of hydrogen-bond donors (Lipinski definition) is 2. The topological polar surface area (TPSA) is 87.5 Å². The Bertz CT molecular complexity index is 445. The summed E-state index contributed by atoms with van der Waals surface area (Å²) in [7, 11) is 4.94. The maximum Gasteiger partial charge on any atom is 0.282 e. The van der Waals surface area contributed by atoms with Gasteiger partial charge in [0.25, 0.3) is 11.6 Å². The Hall–Kier alpha value is -2.15. The first-order valence-corrected chi connectivity index (χ1v) is 4.90. The Morgan fingerprint density at radius 3 is 2.53 bits per heavy atom. The Kier molecular flexibility index (Phi) is 4.00. The molecule has 0 fully saturated rings. The van der Waals surface area contributed by atoms with Gasteiger partial charge < -0.3 is 5.32 Å². The van der Waals surface area contributed by atoms with Crippen LogP contribution < -0.4 is 10.7 Å². The molecule has 17 heavy (non-hydrogen) atoms. The van der Waals surface area contributed by atoms with Crippen LogP contribution >= 0.6 is 0 Å². The molecule has 0 saturated carbocycles. The SMILES string of the molecule is CNc1ccc([N+](=O)[O-])c(C(=O)NN(C)C)c1. The molecule has 0 aliphatic heterocycles. The molecule has 0 spiro atoms. The number of carbonyl (C=O) groups excluding carboxylic acids is 1. The van der Waals surface area contributed by atoms with Crippen LogP contribution in [0.5, 0.6) is 0 Å². The number of benzene rings is 1. The molecule has 0 bridgehead atoms. The standard InChI is InChI=1S/C10H14N4O3/c1-11-7-4-5-9(14(16)17)8(6-7)10(15)12-13(2)3/h4-6,11H,1-3H3,(H,12,15). The molecule has 1 amide bonds. The van der Waals surface area contributed by atoms with Crippen molar-refractivity contribution in [3.8, 4) is 0 Å². The van der Waals surface area contributed by atoms with Gasteiger partial charge in [0, 0.05) is 32.9 Å². The van der Waals surface area contributed by atoms with Crippen molar-refractivity contribution in [1.82, 2.24) is 10.4 Å². The minimum Gasteiger partial charge on any atom is -0.388 e. The Balaban J connectivity index is 3.17. The van der Waals surface area contributed by atoms with Crippen molar-refractivity contribution >= 4 is 17.3 Å². The summed E-state index contributed by atoms with van der Waals surface area (Å²) >= 11 is 0. The van der Waals surface area contributed by atoms with Crippen LogP contribution in [0.25, 0.3) is 0 Å². The van der Waals surface area contributed by atoms with E-state index in [1.165, 1.54) is 17.1 Å². The summed E-state index contributed by atoms with van der Waals surface area (Å²) in [5.41, 5.74) is 2.91. The van der Waals surface area contributed by atoms with Gasteiger partial charge in [-0.2, -0.15) is 0 Å². The average Bonchev–Trinajstić information content (AvgIpc) is 2.27. The largest absolute Gasteiger partial charge is 0.388 e. The fourth-order valence-corrected chi connectivity index (χ4v) is 1.30. The number of hydrogen-bond acceptors (Lipinski definition) is 5. The van der Waals surface area contributed by atoms with Crippen molar-refractivity contribution < 1.29 is 9.72 Å². The third-order valence-corrected chi connectivity index (χ3v) is 2.05. The maximum atomic E-state index is 11.8. The number of anilines is 1. The molecule has 0 aromatic heterocycles. The van der Waals surface area contributed by atoms with Gasteiger partial charge in [0.1, 0.15) is 5.56 Å². The summed E-state index contributed by atoms with van der Waals surface area (Å²) in [6.07, 6.45) is 0. The fourth-order valence-electron chi connectivity index (χ4n) is 1.30. The number of carbonyl (C=O) groups is 1. The predicted molar refractivity (Wildman–Crippen MR) is 63.8 cm³/mol. The molecule has 0 radical (unpaired) electrons. The second kappa shape index (κ2) is 5.26. The zero-order chi connectivity index (χ0) is 13.0. The number of nitrogens with one attached hydrogen (secondary N) is 2. The molecular formula is C10H14N4O3. The zero-order valence-electron chi connectivity index (χ0n) is 9.85. The van der Waals surface area contributed by atoms with E-state index in [2.05, 4.69) is 10.7 Å². The van der Waals surface area contributed by atoms with E-state index in [0.29, 0.717) is 5.69 Å². The molecule has 2 N–H and O–H groups in total. The van der Waals surface area contributed by atoms with Crippen LogP contribution in [-0.4, -0.2) is 37.0 Å². The maximum absolute atomic E-state index is 11.8. The number of nitro groups is 1. The van der Waals surface area contributed by atoms with E-state index in [4.69, 9.17) is 0 Å². The fraction of sp³-hybridized carbons (Fsp3) is 0.300. The van der Waals surface area contributed by atoms with Gasteiger partial charge in [0.15, 0.2) is 0 Å². The van der Waals surface area contributed by atoms with Crippen molar-refractivity contribution in [3.63, 3.8) is 0 Å². The molecule has 0 heterocycles. The highest BCUT2D eigenvalue weighted by atomic mass is 16.6. The molecule has 92 valence electrons. The summed E-state index contributed by atoms with van der Waals surface area (Å²) in [5.74, 6) is -0.515. The van der Waals surface area contributed by atoms with Crippen molar-refractivity contribution in [2.45, 2.75) is 0 Å². The van der Waals surface area contributed by atoms with Gasteiger partial charge in [-0.1, -0.05) is 0 Å². The molecule has 7 nitrogen and oxygen atoms in total. The molecule has 0 atom stereocenters. The van der Waals surface area contributed by atoms with Crippen LogP contribution in [0.15, 0.2) is 18.2 Å². The first kappa shape index (κ1) is 12.9. The normalized spacial score (nSPS) is 10.1. The molecule has 7 heteroatoms. The van der Waals surface area contributed by atoms with Gasteiger partial charge in [0.05, 0.1) is 4.92 Å². The zero-order valence-corrected chi connectivity index (χ0v) is 9.85. The molecule has 1 rings (SSSR count). The smallest absolute Gasteiger partial charge is 0.282 e. The van der Waals surface area contributed by atoms with E-state index in [1.54, 1.807) is 27.2 Å². The highest BCUT2D eigenvalue weighted by Gasteiger charge is 2.20. The van der Waals surface area contributed by atoms with Crippen LogP contribution in [-0.2, 0) is 0 Å². The van der Waals surface area contributed by atoms with Crippen LogP contribution in [0.4, 0.5) is 11.4 Å². The lowest BCUT2D eigenvalue weighted by molar-refractivity contribution is -0.385. The molecule has 1 aromatic rings. The lowest BCUT2D eigenvalue weighted by Gasteiger charge is -2.12. The van der Waals surface area contributed by atoms with E-state index in [0.717, 1.165) is 0 Å². The average molecular weight is 238 g/mol. The molecule has 0 aliphatic rings. The summed E-state index contributed by atoms with van der Waals surface area (Å²) in [4.78, 5) is 22.0. The van der Waals surface area contributed by atoms with E-state index in [9.17, 15) is 14.9 Å². The lowest BCUT2D eigenvalue weighted by atomic mass is 10.1. The number of amides is 1. The highest BCUT2D eigenvalue weighted by molar-refractivity contribution is 5.98. The van der Waals surface area contributed by atoms with Gasteiger partial charge >= 0.3 is 0 Å². The van der Waals surface area contributed by atoms with Crippen LogP contribution in [0, 0.1) is 10.1 Å². The molecule has 1 aromatic carbocycles. The number of nitro benzene ring substituents is 1. The van der Waals surface area contributed by atoms with Crippen LogP contribution in [0.2, 0.25) is 0 Å². The molecule has 0 saturated heterocycles. The second-order valence-electron chi connectivity index (χ2n) is 3.57. The van der Waals surface area contributed by atoms with Gasteiger partial charge in [-0.05, 0) is 12.1 Å². The summed E-state index contributed by atoms with van der Waals surface area (Å²) in [6, 6.07) is 4.29. The van der Waals surface area contributed by atoms with E-state index in [1.807, 2.05) is 0 Å². The molecular weight excluding hydrogens is 224 g/mol. The predicted octanol–water partition coefficient (Wildman–Crippen LogP) is 0.843. The van der Waals surface area contributed by atoms with Crippen LogP contribution in [0.1, 0.15) is 10.4 Å².